The average molecular weight is 242 g/mol. The molecule has 1 N–H and O–H groups in total. The lowest BCUT2D eigenvalue weighted by Crippen LogP contribution is -2.16. The molecule has 1 unspecified atom stereocenters. The number of benzene rings is 1. The van der Waals surface area contributed by atoms with Gasteiger partial charge in [-0.1, -0.05) is 17.7 Å². The molecule has 0 amide bonds. The van der Waals surface area contributed by atoms with Gasteiger partial charge in [0.05, 0.1) is 6.10 Å². The second kappa shape index (κ2) is 6.77. The fraction of sp³-hybridized carbons (Fsp3) is 0.538. The summed E-state index contributed by atoms with van der Waals surface area (Å²) in [5.74, 6) is 0.893. The minimum atomic E-state index is 0.227. The summed E-state index contributed by atoms with van der Waals surface area (Å²) in [4.78, 5) is 0. The largest absolute Gasteiger partial charge is 0.490 e. The molecule has 1 rings (SSSR count). The highest BCUT2D eigenvalue weighted by atomic mass is 35.5. The lowest BCUT2D eigenvalue weighted by molar-refractivity contribution is 0.206. The van der Waals surface area contributed by atoms with Gasteiger partial charge in [-0.15, -0.1) is 0 Å². The first-order valence-corrected chi connectivity index (χ1v) is 6.08. The van der Waals surface area contributed by atoms with Crippen LogP contribution in [0.4, 0.5) is 0 Å². The Morgan fingerprint density at radius 1 is 1.44 bits per heavy atom. The lowest BCUT2D eigenvalue weighted by Gasteiger charge is -2.16. The Hall–Kier alpha value is -0.730. The smallest absolute Gasteiger partial charge is 0.124 e. The molecule has 0 saturated heterocycles. The molecule has 1 atom stereocenters. The van der Waals surface area contributed by atoms with Crippen LogP contribution in [-0.2, 0) is 0 Å². The van der Waals surface area contributed by atoms with Gasteiger partial charge < -0.3 is 10.1 Å². The van der Waals surface area contributed by atoms with Crippen molar-refractivity contribution in [2.24, 2.45) is 0 Å². The third-order valence-corrected chi connectivity index (χ3v) is 2.75. The predicted octanol–water partition coefficient (Wildman–Crippen LogP) is 3.42. The number of ether oxygens (including phenoxy) is 1. The molecule has 0 radical (unpaired) electrons. The molecule has 1 aromatic carbocycles. The van der Waals surface area contributed by atoms with E-state index in [1.54, 1.807) is 0 Å². The molecule has 0 aliphatic heterocycles. The van der Waals surface area contributed by atoms with Crippen LogP contribution >= 0.6 is 11.6 Å². The fourth-order valence-corrected chi connectivity index (χ4v) is 1.70. The second-order valence-corrected chi connectivity index (χ2v) is 4.52. The topological polar surface area (TPSA) is 21.3 Å². The molecule has 0 aromatic heterocycles. The Balaban J connectivity index is 2.48. The third kappa shape index (κ3) is 4.42. The van der Waals surface area contributed by atoms with E-state index in [9.17, 15) is 0 Å². The lowest BCUT2D eigenvalue weighted by atomic mass is 10.2. The second-order valence-electron chi connectivity index (χ2n) is 4.08. The molecule has 0 bridgehead atoms. The zero-order valence-electron chi connectivity index (χ0n) is 10.2. The number of rotatable bonds is 6. The van der Waals surface area contributed by atoms with Gasteiger partial charge in [0, 0.05) is 5.02 Å². The molecule has 3 heteroatoms. The van der Waals surface area contributed by atoms with Crippen molar-refractivity contribution in [1.82, 2.24) is 5.32 Å². The Morgan fingerprint density at radius 3 is 2.88 bits per heavy atom. The Morgan fingerprint density at radius 2 is 2.19 bits per heavy atom. The maximum atomic E-state index is 5.94. The highest BCUT2D eigenvalue weighted by molar-refractivity contribution is 6.30. The molecule has 0 aliphatic carbocycles. The third-order valence-electron chi connectivity index (χ3n) is 2.52. The van der Waals surface area contributed by atoms with Gasteiger partial charge in [-0.2, -0.15) is 0 Å². The van der Waals surface area contributed by atoms with Crippen LogP contribution in [0, 0.1) is 6.92 Å². The quantitative estimate of drug-likeness (QED) is 0.771. The normalized spacial score (nSPS) is 12.5. The van der Waals surface area contributed by atoms with Crippen LogP contribution in [0.2, 0.25) is 5.02 Å². The zero-order valence-corrected chi connectivity index (χ0v) is 11.0. The maximum absolute atomic E-state index is 5.94. The summed E-state index contributed by atoms with van der Waals surface area (Å²) < 4.78 is 5.86. The van der Waals surface area contributed by atoms with Gasteiger partial charge in [0.25, 0.3) is 0 Å². The maximum Gasteiger partial charge on any atom is 0.124 e. The number of hydrogen-bond donors (Lipinski definition) is 1. The standard InChI is InChI=1S/C13H20ClNO/c1-10-6-7-12(14)9-13(10)16-11(2)5-4-8-15-3/h6-7,9,11,15H,4-5,8H2,1-3H3. The Labute approximate surface area is 103 Å². The summed E-state index contributed by atoms with van der Waals surface area (Å²) in [5, 5.41) is 3.86. The van der Waals surface area contributed by atoms with Crippen molar-refractivity contribution in [2.75, 3.05) is 13.6 Å². The van der Waals surface area contributed by atoms with Gasteiger partial charge in [-0.3, -0.25) is 0 Å². The molecule has 2 nitrogen and oxygen atoms in total. The number of halogens is 1. The van der Waals surface area contributed by atoms with E-state index in [0.717, 1.165) is 35.7 Å². The van der Waals surface area contributed by atoms with Gasteiger partial charge in [-0.25, -0.2) is 0 Å². The van der Waals surface area contributed by atoms with Crippen LogP contribution in [0.25, 0.3) is 0 Å². The summed E-state index contributed by atoms with van der Waals surface area (Å²) in [5.41, 5.74) is 1.13. The minimum absolute atomic E-state index is 0.227. The van der Waals surface area contributed by atoms with E-state index >= 15 is 0 Å². The van der Waals surface area contributed by atoms with E-state index in [2.05, 4.69) is 12.2 Å². The van der Waals surface area contributed by atoms with Crippen LogP contribution < -0.4 is 10.1 Å². The number of aryl methyl sites for hydroxylation is 1. The van der Waals surface area contributed by atoms with E-state index < -0.39 is 0 Å². The van der Waals surface area contributed by atoms with E-state index in [1.807, 2.05) is 32.2 Å². The predicted molar refractivity (Wildman–Crippen MR) is 69.4 cm³/mol. The molecule has 0 fully saturated rings. The van der Waals surface area contributed by atoms with E-state index in [-0.39, 0.29) is 6.10 Å². The van der Waals surface area contributed by atoms with E-state index in [0.29, 0.717) is 0 Å². The first kappa shape index (κ1) is 13.3. The van der Waals surface area contributed by atoms with Crippen molar-refractivity contribution < 1.29 is 4.74 Å². The fourth-order valence-electron chi connectivity index (χ4n) is 1.54. The average Bonchev–Trinajstić information content (AvgIpc) is 2.24. The monoisotopic (exact) mass is 241 g/mol. The van der Waals surface area contributed by atoms with Crippen molar-refractivity contribution in [3.8, 4) is 5.75 Å². The van der Waals surface area contributed by atoms with Crippen LogP contribution in [-0.4, -0.2) is 19.7 Å². The van der Waals surface area contributed by atoms with Gasteiger partial charge in [0.15, 0.2) is 0 Å². The highest BCUT2D eigenvalue weighted by Gasteiger charge is 2.06. The van der Waals surface area contributed by atoms with Gasteiger partial charge in [-0.05, 0) is 58.0 Å². The van der Waals surface area contributed by atoms with Crippen molar-refractivity contribution in [3.05, 3.63) is 28.8 Å². The molecule has 90 valence electrons. The summed E-state index contributed by atoms with van der Waals surface area (Å²) in [6.45, 7) is 5.16. The molecule has 0 aliphatic rings. The Kier molecular flexibility index (Phi) is 5.64. The SMILES string of the molecule is CNCCCC(C)Oc1cc(Cl)ccc1C. The Bertz CT molecular complexity index is 328. The van der Waals surface area contributed by atoms with Crippen LogP contribution in [0.3, 0.4) is 0 Å². The summed E-state index contributed by atoms with van der Waals surface area (Å²) in [6, 6.07) is 5.75. The molecular weight excluding hydrogens is 222 g/mol. The number of hydrogen-bond acceptors (Lipinski definition) is 2. The van der Waals surface area contributed by atoms with Crippen molar-refractivity contribution >= 4 is 11.6 Å². The van der Waals surface area contributed by atoms with Crippen LogP contribution in [0.15, 0.2) is 18.2 Å². The van der Waals surface area contributed by atoms with E-state index in [1.165, 1.54) is 0 Å². The van der Waals surface area contributed by atoms with Crippen molar-refractivity contribution in [3.63, 3.8) is 0 Å². The van der Waals surface area contributed by atoms with Crippen molar-refractivity contribution in [2.45, 2.75) is 32.8 Å². The van der Waals surface area contributed by atoms with Crippen molar-refractivity contribution in [1.29, 1.82) is 0 Å². The molecule has 0 spiro atoms. The van der Waals surface area contributed by atoms with Gasteiger partial charge in [0.1, 0.15) is 5.75 Å². The van der Waals surface area contributed by atoms with Gasteiger partial charge >= 0.3 is 0 Å². The van der Waals surface area contributed by atoms with E-state index in [4.69, 9.17) is 16.3 Å². The summed E-state index contributed by atoms with van der Waals surface area (Å²) >= 11 is 5.94. The van der Waals surface area contributed by atoms with Gasteiger partial charge in [0.2, 0.25) is 0 Å². The highest BCUT2D eigenvalue weighted by Crippen LogP contribution is 2.24. The zero-order chi connectivity index (χ0) is 12.0. The molecule has 1 aromatic rings. The molecule has 16 heavy (non-hydrogen) atoms. The summed E-state index contributed by atoms with van der Waals surface area (Å²) in [6.07, 6.45) is 2.40. The molecule has 0 saturated carbocycles. The molecular formula is C13H20ClNO. The molecule has 0 heterocycles. The minimum Gasteiger partial charge on any atom is -0.490 e. The van der Waals surface area contributed by atoms with Crippen LogP contribution in [0.1, 0.15) is 25.3 Å². The summed E-state index contributed by atoms with van der Waals surface area (Å²) in [7, 11) is 1.96. The first-order valence-electron chi connectivity index (χ1n) is 5.71. The first-order chi connectivity index (χ1) is 7.63. The van der Waals surface area contributed by atoms with Crippen LogP contribution in [0.5, 0.6) is 5.75 Å². The number of nitrogens with one attached hydrogen (secondary N) is 1.